The number of halogens is 1. The Kier molecular flexibility index (Phi) is 4.91. The summed E-state index contributed by atoms with van der Waals surface area (Å²) in [6, 6.07) is 11.9. The fraction of sp³-hybridized carbons (Fsp3) is 0.300. The number of ether oxygens (including phenoxy) is 2. The van der Waals surface area contributed by atoms with Crippen LogP contribution in [-0.2, 0) is 16.4 Å². The van der Waals surface area contributed by atoms with Crippen molar-refractivity contribution in [2.24, 2.45) is 4.99 Å². The van der Waals surface area contributed by atoms with Crippen LogP contribution in [0.2, 0.25) is 5.02 Å². The molecule has 0 aromatic heterocycles. The SMILES string of the molecule is O=C(N=C1S[C@@H]2CS(=O)(=O)C[C@@H]2N1Cc1ccc2c(c1)OCO2)c1ccc(Cl)cc1. The van der Waals surface area contributed by atoms with E-state index in [1.54, 1.807) is 24.3 Å². The molecule has 0 aliphatic carbocycles. The van der Waals surface area contributed by atoms with Crippen LogP contribution in [0.5, 0.6) is 11.5 Å². The molecule has 30 heavy (non-hydrogen) atoms. The number of hydrogen-bond donors (Lipinski definition) is 0. The number of benzene rings is 2. The molecule has 5 rings (SSSR count). The summed E-state index contributed by atoms with van der Waals surface area (Å²) < 4.78 is 35.2. The second kappa shape index (κ2) is 7.47. The van der Waals surface area contributed by atoms with Crippen LogP contribution in [0.15, 0.2) is 47.5 Å². The molecule has 0 unspecified atom stereocenters. The number of sulfone groups is 1. The molecule has 0 bridgehead atoms. The van der Waals surface area contributed by atoms with E-state index >= 15 is 0 Å². The molecule has 3 aliphatic rings. The predicted molar refractivity (Wildman–Crippen MR) is 115 cm³/mol. The quantitative estimate of drug-likeness (QED) is 0.690. The molecule has 7 nitrogen and oxygen atoms in total. The van der Waals surface area contributed by atoms with E-state index < -0.39 is 9.84 Å². The summed E-state index contributed by atoms with van der Waals surface area (Å²) in [4.78, 5) is 18.9. The minimum Gasteiger partial charge on any atom is -0.454 e. The highest BCUT2D eigenvalue weighted by atomic mass is 35.5. The van der Waals surface area contributed by atoms with Gasteiger partial charge in [0.2, 0.25) is 6.79 Å². The van der Waals surface area contributed by atoms with Crippen molar-refractivity contribution in [2.75, 3.05) is 18.3 Å². The topological polar surface area (TPSA) is 85.3 Å². The first-order valence-corrected chi connectivity index (χ1v) is 12.4. The largest absolute Gasteiger partial charge is 0.454 e. The monoisotopic (exact) mass is 464 g/mol. The Morgan fingerprint density at radius 3 is 2.70 bits per heavy atom. The smallest absolute Gasteiger partial charge is 0.279 e. The molecule has 1 amide bonds. The van der Waals surface area contributed by atoms with Gasteiger partial charge in [0.25, 0.3) is 5.91 Å². The average Bonchev–Trinajstić information content (AvgIpc) is 3.36. The first-order valence-electron chi connectivity index (χ1n) is 9.29. The van der Waals surface area contributed by atoms with E-state index in [9.17, 15) is 13.2 Å². The number of rotatable bonds is 3. The summed E-state index contributed by atoms with van der Waals surface area (Å²) in [6.45, 7) is 0.608. The highest BCUT2D eigenvalue weighted by Crippen LogP contribution is 2.40. The second-order valence-electron chi connectivity index (χ2n) is 7.32. The van der Waals surface area contributed by atoms with Crippen LogP contribution in [0.1, 0.15) is 15.9 Å². The number of aliphatic imine (C=N–C) groups is 1. The molecule has 0 saturated carbocycles. The summed E-state index contributed by atoms with van der Waals surface area (Å²) in [5, 5.41) is 0.942. The van der Waals surface area contributed by atoms with E-state index in [0.717, 1.165) is 5.56 Å². The van der Waals surface area contributed by atoms with Gasteiger partial charge in [-0.25, -0.2) is 8.42 Å². The summed E-state index contributed by atoms with van der Waals surface area (Å²) in [5.41, 5.74) is 1.36. The number of carbonyl (C=O) groups excluding carboxylic acids is 1. The van der Waals surface area contributed by atoms with Crippen molar-refractivity contribution >= 4 is 44.3 Å². The van der Waals surface area contributed by atoms with Crippen molar-refractivity contribution in [2.45, 2.75) is 17.8 Å². The molecular formula is C20H17ClN2O5S2. The minimum absolute atomic E-state index is 0.0589. The third-order valence-electron chi connectivity index (χ3n) is 5.25. The first-order chi connectivity index (χ1) is 14.4. The van der Waals surface area contributed by atoms with Crippen LogP contribution in [0.25, 0.3) is 0 Å². The Morgan fingerprint density at radius 1 is 1.13 bits per heavy atom. The van der Waals surface area contributed by atoms with Gasteiger partial charge in [-0.3, -0.25) is 4.79 Å². The van der Waals surface area contributed by atoms with Gasteiger partial charge in [-0.15, -0.1) is 0 Å². The van der Waals surface area contributed by atoms with Crippen molar-refractivity contribution in [1.29, 1.82) is 0 Å². The molecule has 3 aliphatic heterocycles. The normalized spacial score (nSPS) is 25.0. The zero-order chi connectivity index (χ0) is 20.9. The minimum atomic E-state index is -3.11. The molecule has 3 heterocycles. The summed E-state index contributed by atoms with van der Waals surface area (Å²) in [7, 11) is -3.11. The number of hydrogen-bond acceptors (Lipinski definition) is 6. The van der Waals surface area contributed by atoms with Crippen LogP contribution >= 0.6 is 23.4 Å². The fourth-order valence-corrected chi connectivity index (χ4v) is 7.88. The van der Waals surface area contributed by atoms with E-state index in [0.29, 0.717) is 33.8 Å². The van der Waals surface area contributed by atoms with Gasteiger partial charge in [0.1, 0.15) is 0 Å². The Balaban J connectivity index is 1.45. The van der Waals surface area contributed by atoms with Gasteiger partial charge in [-0.05, 0) is 42.0 Å². The van der Waals surface area contributed by atoms with Gasteiger partial charge in [0.15, 0.2) is 26.5 Å². The lowest BCUT2D eigenvalue weighted by Crippen LogP contribution is -2.37. The summed E-state index contributed by atoms with van der Waals surface area (Å²) >= 11 is 7.25. The number of fused-ring (bicyclic) bond motifs is 2. The third kappa shape index (κ3) is 3.77. The van der Waals surface area contributed by atoms with Crippen molar-refractivity contribution in [3.05, 3.63) is 58.6 Å². The summed E-state index contributed by atoms with van der Waals surface area (Å²) in [5.74, 6) is 1.11. The molecule has 2 atom stereocenters. The van der Waals surface area contributed by atoms with Gasteiger partial charge < -0.3 is 14.4 Å². The van der Waals surface area contributed by atoms with Gasteiger partial charge in [-0.1, -0.05) is 29.4 Å². The lowest BCUT2D eigenvalue weighted by atomic mass is 10.1. The van der Waals surface area contributed by atoms with E-state index in [2.05, 4.69) is 4.99 Å². The van der Waals surface area contributed by atoms with Gasteiger partial charge in [0, 0.05) is 22.4 Å². The molecule has 0 radical (unpaired) electrons. The van der Waals surface area contributed by atoms with E-state index in [-0.39, 0.29) is 35.5 Å². The molecule has 0 N–H and O–H groups in total. The van der Waals surface area contributed by atoms with Crippen LogP contribution < -0.4 is 9.47 Å². The van der Waals surface area contributed by atoms with Crippen molar-refractivity contribution in [3.8, 4) is 11.5 Å². The number of nitrogens with zero attached hydrogens (tertiary/aromatic N) is 2. The van der Waals surface area contributed by atoms with Crippen molar-refractivity contribution in [1.82, 2.24) is 4.90 Å². The van der Waals surface area contributed by atoms with Crippen LogP contribution in [-0.4, -0.2) is 54.0 Å². The van der Waals surface area contributed by atoms with Gasteiger partial charge >= 0.3 is 0 Å². The van der Waals surface area contributed by atoms with Crippen molar-refractivity contribution in [3.63, 3.8) is 0 Å². The number of amidine groups is 1. The second-order valence-corrected chi connectivity index (χ2v) is 11.1. The third-order valence-corrected chi connectivity index (χ3v) is 8.75. The molecule has 2 saturated heterocycles. The maximum Gasteiger partial charge on any atom is 0.279 e. The predicted octanol–water partition coefficient (Wildman–Crippen LogP) is 2.98. The number of amides is 1. The Labute approximate surface area is 182 Å². The zero-order valence-corrected chi connectivity index (χ0v) is 18.0. The van der Waals surface area contributed by atoms with Crippen LogP contribution in [0.4, 0.5) is 0 Å². The zero-order valence-electron chi connectivity index (χ0n) is 15.7. The maximum atomic E-state index is 12.7. The lowest BCUT2D eigenvalue weighted by Gasteiger charge is -2.24. The highest BCUT2D eigenvalue weighted by molar-refractivity contribution is 8.15. The van der Waals surface area contributed by atoms with Gasteiger partial charge in [-0.2, -0.15) is 4.99 Å². The van der Waals surface area contributed by atoms with Crippen LogP contribution in [0.3, 0.4) is 0 Å². The summed E-state index contributed by atoms with van der Waals surface area (Å²) in [6.07, 6.45) is 0. The van der Waals surface area contributed by atoms with Crippen molar-refractivity contribution < 1.29 is 22.7 Å². The Bertz CT molecular complexity index is 1150. The first kappa shape index (κ1) is 19.7. The van der Waals surface area contributed by atoms with E-state index in [1.807, 2.05) is 23.1 Å². The fourth-order valence-electron chi connectivity index (χ4n) is 3.80. The molecule has 2 aromatic rings. The molecular weight excluding hydrogens is 448 g/mol. The molecule has 0 spiro atoms. The van der Waals surface area contributed by atoms with Crippen LogP contribution in [0, 0.1) is 0 Å². The molecule has 2 fully saturated rings. The van der Waals surface area contributed by atoms with E-state index in [1.165, 1.54) is 11.8 Å². The van der Waals surface area contributed by atoms with E-state index in [4.69, 9.17) is 21.1 Å². The maximum absolute atomic E-state index is 12.7. The average molecular weight is 465 g/mol. The Hall–Kier alpha value is -2.23. The molecule has 156 valence electrons. The standard InChI is InChI=1S/C20H17ClN2O5S2/c21-14-4-2-13(3-5-14)19(24)22-20-23(15-9-30(25,26)10-18(15)29-20)8-12-1-6-16-17(7-12)28-11-27-16/h1-7,15,18H,8-11H2/t15-,18+/m0/s1. The van der Waals surface area contributed by atoms with Gasteiger partial charge in [0.05, 0.1) is 17.5 Å². The Morgan fingerprint density at radius 2 is 1.90 bits per heavy atom. The number of carbonyl (C=O) groups is 1. The number of thioether (sulfide) groups is 1. The highest BCUT2D eigenvalue weighted by Gasteiger charge is 2.48. The lowest BCUT2D eigenvalue weighted by molar-refractivity contribution is 0.100. The molecule has 2 aromatic carbocycles. The molecule has 10 heteroatoms.